The second-order valence-electron chi connectivity index (χ2n) is 6.35. The summed E-state index contributed by atoms with van der Waals surface area (Å²) >= 11 is 4.25. The van der Waals surface area contributed by atoms with E-state index >= 15 is 0 Å². The van der Waals surface area contributed by atoms with Gasteiger partial charge in [0.05, 0.1) is 11.3 Å². The van der Waals surface area contributed by atoms with Crippen molar-refractivity contribution in [2.24, 2.45) is 23.2 Å². The maximum atomic E-state index is 12.3. The van der Waals surface area contributed by atoms with E-state index in [-0.39, 0.29) is 36.0 Å². The monoisotopic (exact) mass is 284 g/mol. The highest BCUT2D eigenvalue weighted by molar-refractivity contribution is 7.80. The maximum absolute atomic E-state index is 12.3. The molecule has 0 N–H and O–H groups in total. The molecule has 19 heavy (non-hydrogen) atoms. The maximum Gasteiger partial charge on any atom is 0.313 e. The summed E-state index contributed by atoms with van der Waals surface area (Å²) in [6, 6.07) is 0. The Morgan fingerprint density at radius 2 is 2.26 bits per heavy atom. The third kappa shape index (κ3) is 1.81. The molecule has 0 aromatic rings. The van der Waals surface area contributed by atoms with Crippen LogP contribution in [0.4, 0.5) is 0 Å². The van der Waals surface area contributed by atoms with Gasteiger partial charge in [0.25, 0.3) is 0 Å². The summed E-state index contributed by atoms with van der Waals surface area (Å²) in [5.41, 5.74) is -0.549. The number of fused-ring (bicyclic) bond motifs is 1. The second-order valence-corrected chi connectivity index (χ2v) is 6.66. The van der Waals surface area contributed by atoms with Crippen molar-refractivity contribution >= 4 is 24.6 Å². The molecular formula is C14H20O4S. The Hall–Kier alpha value is -0.710. The lowest BCUT2D eigenvalue weighted by molar-refractivity contribution is -0.170. The van der Waals surface area contributed by atoms with Crippen LogP contribution in [0.1, 0.15) is 33.1 Å². The number of esters is 2. The molecule has 6 atom stereocenters. The summed E-state index contributed by atoms with van der Waals surface area (Å²) in [7, 11) is 0. The quantitative estimate of drug-likeness (QED) is 0.632. The van der Waals surface area contributed by atoms with Gasteiger partial charge in [0.1, 0.15) is 12.2 Å². The first kappa shape index (κ1) is 13.3. The summed E-state index contributed by atoms with van der Waals surface area (Å²) in [5, 5.41) is 0. The highest BCUT2D eigenvalue weighted by Crippen LogP contribution is 2.55. The molecule has 2 aliphatic carbocycles. The molecule has 106 valence electrons. The zero-order valence-electron chi connectivity index (χ0n) is 11.3. The first-order chi connectivity index (χ1) is 9.00. The predicted octanol–water partition coefficient (Wildman–Crippen LogP) is 1.83. The zero-order chi connectivity index (χ0) is 13.8. The van der Waals surface area contributed by atoms with E-state index in [1.54, 1.807) is 0 Å². The topological polar surface area (TPSA) is 52.6 Å². The van der Waals surface area contributed by atoms with Crippen molar-refractivity contribution in [3.05, 3.63) is 0 Å². The second kappa shape index (κ2) is 4.40. The van der Waals surface area contributed by atoms with Gasteiger partial charge in [0.15, 0.2) is 0 Å². The van der Waals surface area contributed by atoms with Gasteiger partial charge >= 0.3 is 11.9 Å². The lowest BCUT2D eigenvalue weighted by atomic mass is 9.87. The first-order valence-corrected chi connectivity index (χ1v) is 7.66. The molecule has 0 amide bonds. The molecule has 0 aromatic heterocycles. The van der Waals surface area contributed by atoms with Crippen LogP contribution in [0.5, 0.6) is 0 Å². The van der Waals surface area contributed by atoms with Crippen LogP contribution < -0.4 is 0 Å². The van der Waals surface area contributed by atoms with Crippen LogP contribution in [0.25, 0.3) is 0 Å². The van der Waals surface area contributed by atoms with Gasteiger partial charge in [-0.05, 0) is 26.2 Å². The molecule has 1 heterocycles. The molecule has 1 aliphatic heterocycles. The van der Waals surface area contributed by atoms with E-state index in [0.29, 0.717) is 18.1 Å². The fraction of sp³-hybridized carbons (Fsp3) is 0.857. The summed E-state index contributed by atoms with van der Waals surface area (Å²) in [5.74, 6) is 0.810. The average molecular weight is 284 g/mol. The van der Waals surface area contributed by atoms with Gasteiger partial charge < -0.3 is 9.47 Å². The first-order valence-electron chi connectivity index (χ1n) is 7.02. The lowest BCUT2D eigenvalue weighted by Crippen LogP contribution is -2.41. The number of hydrogen-bond donors (Lipinski definition) is 1. The van der Waals surface area contributed by atoms with E-state index in [2.05, 4.69) is 12.6 Å². The Morgan fingerprint density at radius 3 is 2.89 bits per heavy atom. The lowest BCUT2D eigenvalue weighted by Gasteiger charge is -2.30. The molecule has 2 saturated carbocycles. The molecular weight excluding hydrogens is 264 g/mol. The van der Waals surface area contributed by atoms with Gasteiger partial charge in [-0.15, -0.1) is 0 Å². The Balaban J connectivity index is 1.72. The minimum Gasteiger partial charge on any atom is -0.458 e. The molecule has 6 unspecified atom stereocenters. The zero-order valence-corrected chi connectivity index (χ0v) is 12.2. The summed E-state index contributed by atoms with van der Waals surface area (Å²) < 4.78 is 11.1. The minimum absolute atomic E-state index is 0.0624. The molecule has 2 bridgehead atoms. The summed E-state index contributed by atoms with van der Waals surface area (Å²) in [6.07, 6.45) is 2.06. The molecule has 0 aromatic carbocycles. The van der Waals surface area contributed by atoms with Crippen molar-refractivity contribution in [2.75, 3.05) is 5.75 Å². The van der Waals surface area contributed by atoms with Gasteiger partial charge in [0.2, 0.25) is 0 Å². The van der Waals surface area contributed by atoms with E-state index in [1.165, 1.54) is 0 Å². The third-order valence-corrected chi connectivity index (χ3v) is 5.98. The van der Waals surface area contributed by atoms with E-state index in [9.17, 15) is 9.59 Å². The van der Waals surface area contributed by atoms with Crippen LogP contribution in [0.3, 0.4) is 0 Å². The smallest absolute Gasteiger partial charge is 0.313 e. The van der Waals surface area contributed by atoms with Gasteiger partial charge in [-0.1, -0.05) is 6.92 Å². The van der Waals surface area contributed by atoms with E-state index < -0.39 is 5.41 Å². The molecule has 1 saturated heterocycles. The predicted molar refractivity (Wildman–Crippen MR) is 71.7 cm³/mol. The van der Waals surface area contributed by atoms with E-state index in [1.807, 2.05) is 13.8 Å². The fourth-order valence-electron chi connectivity index (χ4n) is 3.65. The van der Waals surface area contributed by atoms with Crippen LogP contribution in [-0.4, -0.2) is 29.9 Å². The SMILES string of the molecule is CCC(C)(CS)C(=O)OC1C2CC3C(=O)OC1C3C2. The molecule has 3 aliphatic rings. The van der Waals surface area contributed by atoms with Crippen LogP contribution in [0, 0.1) is 23.2 Å². The van der Waals surface area contributed by atoms with Crippen molar-refractivity contribution < 1.29 is 19.1 Å². The number of rotatable bonds is 4. The minimum atomic E-state index is -0.549. The Labute approximate surface area is 118 Å². The van der Waals surface area contributed by atoms with Gasteiger partial charge in [-0.25, -0.2) is 0 Å². The van der Waals surface area contributed by atoms with Crippen molar-refractivity contribution in [3.63, 3.8) is 0 Å². The van der Waals surface area contributed by atoms with Gasteiger partial charge in [0, 0.05) is 17.6 Å². The third-order valence-electron chi connectivity index (χ3n) is 5.28. The highest BCUT2D eigenvalue weighted by Gasteiger charge is 2.63. The number of hydrogen-bond acceptors (Lipinski definition) is 5. The molecule has 5 heteroatoms. The van der Waals surface area contributed by atoms with Crippen LogP contribution in [0.2, 0.25) is 0 Å². The van der Waals surface area contributed by atoms with Crippen molar-refractivity contribution in [3.8, 4) is 0 Å². The van der Waals surface area contributed by atoms with Crippen molar-refractivity contribution in [1.29, 1.82) is 0 Å². The van der Waals surface area contributed by atoms with E-state index in [4.69, 9.17) is 9.47 Å². The normalized spacial score (nSPS) is 42.1. The van der Waals surface area contributed by atoms with Crippen LogP contribution in [-0.2, 0) is 19.1 Å². The molecule has 3 fully saturated rings. The number of carbonyl (C=O) groups excluding carboxylic acids is 2. The van der Waals surface area contributed by atoms with Crippen molar-refractivity contribution in [2.45, 2.75) is 45.3 Å². The Bertz CT molecular complexity index is 418. The van der Waals surface area contributed by atoms with Crippen molar-refractivity contribution in [1.82, 2.24) is 0 Å². The Morgan fingerprint density at radius 1 is 1.53 bits per heavy atom. The standard InChI is InChI=1S/C14H20O4S/c1-3-14(2,6-19)13(16)18-10-7-4-8-9(5-7)12(15)17-11(8)10/h7-11,19H,3-6H2,1-2H3. The van der Waals surface area contributed by atoms with E-state index in [0.717, 1.165) is 12.8 Å². The number of thiol groups is 1. The summed E-state index contributed by atoms with van der Waals surface area (Å²) in [6.45, 7) is 3.84. The van der Waals surface area contributed by atoms with Gasteiger partial charge in [-0.2, -0.15) is 12.6 Å². The molecule has 4 nitrogen and oxygen atoms in total. The fourth-order valence-corrected chi connectivity index (χ4v) is 4.00. The number of carbonyl (C=O) groups is 2. The summed E-state index contributed by atoms with van der Waals surface area (Å²) in [4.78, 5) is 24.0. The highest BCUT2D eigenvalue weighted by atomic mass is 32.1. The van der Waals surface area contributed by atoms with Crippen LogP contribution >= 0.6 is 12.6 Å². The Kier molecular flexibility index (Phi) is 3.08. The molecule has 0 spiro atoms. The van der Waals surface area contributed by atoms with Gasteiger partial charge in [-0.3, -0.25) is 9.59 Å². The molecule has 3 rings (SSSR count). The molecule has 0 radical (unpaired) electrons. The largest absolute Gasteiger partial charge is 0.458 e. The van der Waals surface area contributed by atoms with Crippen LogP contribution in [0.15, 0.2) is 0 Å². The average Bonchev–Trinajstić information content (AvgIpc) is 3.02. The number of ether oxygens (including phenoxy) is 2.